The number of aromatic nitrogens is 3. The maximum Gasteiger partial charge on any atom is 0.310 e. The number of rotatable bonds is 7. The van der Waals surface area contributed by atoms with Gasteiger partial charge in [0.05, 0.1) is 30.5 Å². The zero-order valence-electron chi connectivity index (χ0n) is 18.2. The van der Waals surface area contributed by atoms with Gasteiger partial charge in [0, 0.05) is 30.1 Å². The number of piperidine rings is 1. The van der Waals surface area contributed by atoms with Crippen LogP contribution in [0.1, 0.15) is 31.0 Å². The number of anilines is 3. The number of aryl methyl sites for hydroxylation is 1. The van der Waals surface area contributed by atoms with E-state index < -0.39 is 0 Å². The first kappa shape index (κ1) is 22.2. The Morgan fingerprint density at radius 1 is 1.22 bits per heavy atom. The number of thiazole rings is 1. The zero-order chi connectivity index (χ0) is 22.5. The van der Waals surface area contributed by atoms with Crippen molar-refractivity contribution >= 4 is 34.2 Å². The van der Waals surface area contributed by atoms with Gasteiger partial charge in [-0.2, -0.15) is 4.98 Å². The highest BCUT2D eigenvalue weighted by Crippen LogP contribution is 2.28. The fraction of sp³-hybridized carbons (Fsp3) is 0.391. The average molecular weight is 454 g/mol. The van der Waals surface area contributed by atoms with Gasteiger partial charge in [-0.3, -0.25) is 10.1 Å². The molecule has 1 aromatic carbocycles. The summed E-state index contributed by atoms with van der Waals surface area (Å²) in [5, 5.41) is 15.8. The number of aliphatic hydroxyl groups is 1. The lowest BCUT2D eigenvalue weighted by Crippen LogP contribution is -2.36. The maximum atomic E-state index is 11.8. The third-order valence-electron chi connectivity index (χ3n) is 5.24. The molecule has 0 spiro atoms. The number of benzene rings is 1. The lowest BCUT2D eigenvalue weighted by Gasteiger charge is -2.30. The Morgan fingerprint density at radius 3 is 2.62 bits per heavy atom. The molecule has 0 aliphatic carbocycles. The highest BCUT2D eigenvalue weighted by Gasteiger charge is 2.20. The van der Waals surface area contributed by atoms with Crippen molar-refractivity contribution in [2.45, 2.75) is 39.2 Å². The summed E-state index contributed by atoms with van der Waals surface area (Å²) in [7, 11) is 0. The maximum absolute atomic E-state index is 11.8. The van der Waals surface area contributed by atoms with Gasteiger partial charge < -0.3 is 14.7 Å². The molecule has 0 unspecified atom stereocenters. The molecule has 1 saturated heterocycles. The van der Waals surface area contributed by atoms with Crippen molar-refractivity contribution < 1.29 is 14.6 Å². The van der Waals surface area contributed by atoms with Gasteiger partial charge in [-0.25, -0.2) is 9.97 Å². The Bertz CT molecular complexity index is 1060. The summed E-state index contributed by atoms with van der Waals surface area (Å²) in [6.07, 6.45) is 1.43. The Balaban J connectivity index is 1.61. The van der Waals surface area contributed by atoms with Gasteiger partial charge >= 0.3 is 5.97 Å². The van der Waals surface area contributed by atoms with Crippen LogP contribution >= 0.6 is 11.3 Å². The number of aliphatic hydroxyl groups excluding tert-OH is 1. The number of ether oxygens (including phenoxy) is 1. The number of hydrogen-bond donors (Lipinski definition) is 2. The van der Waals surface area contributed by atoms with Crippen LogP contribution in [-0.4, -0.2) is 51.8 Å². The average Bonchev–Trinajstić information content (AvgIpc) is 3.19. The first-order valence-electron chi connectivity index (χ1n) is 10.8. The van der Waals surface area contributed by atoms with Crippen molar-refractivity contribution in [2.75, 3.05) is 29.9 Å². The van der Waals surface area contributed by atoms with Crippen LogP contribution in [0, 0.1) is 6.92 Å². The number of carbonyl (C=O) groups is 1. The molecule has 9 heteroatoms. The Kier molecular flexibility index (Phi) is 6.96. The topological polar surface area (TPSA) is 100 Å². The minimum atomic E-state index is -0.254. The quantitative estimate of drug-likeness (QED) is 0.522. The lowest BCUT2D eigenvalue weighted by atomic mass is 10.1. The van der Waals surface area contributed by atoms with Crippen LogP contribution in [0.5, 0.6) is 0 Å². The smallest absolute Gasteiger partial charge is 0.310 e. The molecule has 3 heterocycles. The van der Waals surface area contributed by atoms with Gasteiger partial charge in [0.25, 0.3) is 0 Å². The van der Waals surface area contributed by atoms with Gasteiger partial charge in [0.1, 0.15) is 5.82 Å². The molecule has 1 aliphatic heterocycles. The molecule has 3 aromatic rings. The normalized spacial score (nSPS) is 14.4. The van der Waals surface area contributed by atoms with Crippen LogP contribution < -0.4 is 10.2 Å². The molecule has 2 aromatic heterocycles. The summed E-state index contributed by atoms with van der Waals surface area (Å²) >= 11 is 1.51. The summed E-state index contributed by atoms with van der Waals surface area (Å²) in [4.78, 5) is 27.8. The fourth-order valence-electron chi connectivity index (χ4n) is 3.57. The van der Waals surface area contributed by atoms with E-state index in [1.165, 1.54) is 11.3 Å². The SMILES string of the molecule is CCOC(=O)Cc1ccc(-c2cc(N3CCC(O)CC3)nc(Nc3nc(C)cs3)n2)cc1. The van der Waals surface area contributed by atoms with Crippen LogP contribution in [0.4, 0.5) is 16.9 Å². The summed E-state index contributed by atoms with van der Waals surface area (Å²) in [6, 6.07) is 9.72. The third kappa shape index (κ3) is 5.60. The van der Waals surface area contributed by atoms with E-state index >= 15 is 0 Å². The van der Waals surface area contributed by atoms with Crippen molar-refractivity contribution in [3.63, 3.8) is 0 Å². The highest BCUT2D eigenvalue weighted by molar-refractivity contribution is 7.13. The van der Waals surface area contributed by atoms with E-state index in [1.54, 1.807) is 6.92 Å². The molecule has 0 atom stereocenters. The third-order valence-corrected chi connectivity index (χ3v) is 6.12. The molecule has 168 valence electrons. The zero-order valence-corrected chi connectivity index (χ0v) is 19.1. The lowest BCUT2D eigenvalue weighted by molar-refractivity contribution is -0.142. The Morgan fingerprint density at radius 2 is 1.97 bits per heavy atom. The van der Waals surface area contributed by atoms with Gasteiger partial charge in [-0.05, 0) is 32.3 Å². The Labute approximate surface area is 191 Å². The highest BCUT2D eigenvalue weighted by atomic mass is 32.1. The second-order valence-corrected chi connectivity index (χ2v) is 8.61. The van der Waals surface area contributed by atoms with E-state index in [1.807, 2.05) is 42.6 Å². The molecule has 1 aliphatic rings. The van der Waals surface area contributed by atoms with E-state index in [-0.39, 0.29) is 18.5 Å². The van der Waals surface area contributed by atoms with Crippen LogP contribution in [-0.2, 0) is 16.0 Å². The van der Waals surface area contributed by atoms with Gasteiger partial charge in [-0.1, -0.05) is 24.3 Å². The summed E-state index contributed by atoms with van der Waals surface area (Å²) in [5.74, 6) is 1.06. The first-order chi connectivity index (χ1) is 15.5. The standard InChI is InChI=1S/C23H27N5O3S/c1-3-31-21(30)12-16-4-6-17(7-5-16)19-13-20(28-10-8-18(29)9-11-28)26-22(25-19)27-23-24-15(2)14-32-23/h4-7,13-14,18,29H,3,8-12H2,1-2H3,(H,24,25,26,27). The molecule has 0 bridgehead atoms. The monoisotopic (exact) mass is 453 g/mol. The minimum absolute atomic E-state index is 0.234. The number of nitrogens with one attached hydrogen (secondary N) is 1. The fourth-order valence-corrected chi connectivity index (χ4v) is 4.26. The van der Waals surface area contributed by atoms with Crippen molar-refractivity contribution in [1.82, 2.24) is 15.0 Å². The van der Waals surface area contributed by atoms with E-state index in [4.69, 9.17) is 14.7 Å². The van der Waals surface area contributed by atoms with Crippen molar-refractivity contribution in [1.29, 1.82) is 0 Å². The second kappa shape index (κ2) is 10.1. The minimum Gasteiger partial charge on any atom is -0.466 e. The molecular formula is C23H27N5O3S. The van der Waals surface area contributed by atoms with Crippen LogP contribution in [0.15, 0.2) is 35.7 Å². The molecule has 32 heavy (non-hydrogen) atoms. The predicted octanol–water partition coefficient (Wildman–Crippen LogP) is 3.72. The van der Waals surface area contributed by atoms with Crippen molar-refractivity contribution in [3.8, 4) is 11.3 Å². The molecule has 0 radical (unpaired) electrons. The number of hydrogen-bond acceptors (Lipinski definition) is 9. The molecule has 2 N–H and O–H groups in total. The van der Waals surface area contributed by atoms with Crippen molar-refractivity contribution in [2.24, 2.45) is 0 Å². The second-order valence-electron chi connectivity index (χ2n) is 7.75. The number of carbonyl (C=O) groups excluding carboxylic acids is 1. The van der Waals surface area contributed by atoms with Crippen molar-refractivity contribution in [3.05, 3.63) is 47.0 Å². The van der Waals surface area contributed by atoms with Crippen LogP contribution in [0.25, 0.3) is 11.3 Å². The van der Waals surface area contributed by atoms with Gasteiger partial charge in [-0.15, -0.1) is 11.3 Å². The summed E-state index contributed by atoms with van der Waals surface area (Å²) in [6.45, 7) is 5.61. The Hall–Kier alpha value is -3.04. The van der Waals surface area contributed by atoms with E-state index in [2.05, 4.69) is 15.2 Å². The number of esters is 1. The van der Waals surface area contributed by atoms with E-state index in [0.717, 1.165) is 59.4 Å². The van der Waals surface area contributed by atoms with Crippen LogP contribution in [0.3, 0.4) is 0 Å². The van der Waals surface area contributed by atoms with Gasteiger partial charge in [0.15, 0.2) is 5.13 Å². The summed E-state index contributed by atoms with van der Waals surface area (Å²) < 4.78 is 5.03. The predicted molar refractivity (Wildman–Crippen MR) is 125 cm³/mol. The van der Waals surface area contributed by atoms with E-state index in [9.17, 15) is 9.90 Å². The molecule has 1 fully saturated rings. The molecular weight excluding hydrogens is 426 g/mol. The number of nitrogens with zero attached hydrogens (tertiary/aromatic N) is 4. The summed E-state index contributed by atoms with van der Waals surface area (Å²) in [5.41, 5.74) is 3.54. The largest absolute Gasteiger partial charge is 0.466 e. The van der Waals surface area contributed by atoms with Gasteiger partial charge in [0.2, 0.25) is 5.95 Å². The molecule has 0 amide bonds. The van der Waals surface area contributed by atoms with E-state index in [0.29, 0.717) is 12.6 Å². The molecule has 8 nitrogen and oxygen atoms in total. The first-order valence-corrected chi connectivity index (χ1v) is 11.6. The van der Waals surface area contributed by atoms with Crippen LogP contribution in [0.2, 0.25) is 0 Å². The molecule has 0 saturated carbocycles. The molecule has 4 rings (SSSR count).